The maximum atomic E-state index is 13.8. The van der Waals surface area contributed by atoms with Crippen LogP contribution >= 0.6 is 0 Å². The zero-order chi connectivity index (χ0) is 25.8. The van der Waals surface area contributed by atoms with Crippen molar-refractivity contribution in [2.45, 2.75) is 32.0 Å². The van der Waals surface area contributed by atoms with Crippen molar-refractivity contribution in [3.05, 3.63) is 108 Å². The van der Waals surface area contributed by atoms with Gasteiger partial charge in [0.25, 0.3) is 5.91 Å². The highest BCUT2D eigenvalue weighted by Gasteiger charge is 2.34. The standard InChI is InChI=1S/C30H34FN3O2/c1-5-15-33-19-22(3)34(20-21(33)2)29(24-10-7-14-28(35)17-24)23-9-6-11-25(16-23)30(36)32(4)27-13-8-12-26(31)18-27/h5-14,16-18,21-22,29,35H,1,15,19-20H2,2-4H3/t21-,22+,29?/m1/s1. The lowest BCUT2D eigenvalue weighted by atomic mass is 9.92. The largest absolute Gasteiger partial charge is 0.508 e. The summed E-state index contributed by atoms with van der Waals surface area (Å²) in [4.78, 5) is 19.7. The first-order chi connectivity index (χ1) is 17.3. The Morgan fingerprint density at radius 1 is 1.06 bits per heavy atom. The van der Waals surface area contributed by atoms with Crippen molar-refractivity contribution < 1.29 is 14.3 Å². The van der Waals surface area contributed by atoms with Gasteiger partial charge in [-0.05, 0) is 67.4 Å². The Morgan fingerprint density at radius 3 is 2.44 bits per heavy atom. The fourth-order valence-electron chi connectivity index (χ4n) is 5.11. The van der Waals surface area contributed by atoms with Crippen LogP contribution in [0.25, 0.3) is 0 Å². The molecule has 1 heterocycles. The van der Waals surface area contributed by atoms with E-state index in [0.717, 1.165) is 30.8 Å². The van der Waals surface area contributed by atoms with Gasteiger partial charge in [0.2, 0.25) is 0 Å². The van der Waals surface area contributed by atoms with Gasteiger partial charge in [0.05, 0.1) is 6.04 Å². The number of piperazine rings is 1. The molecule has 1 aliphatic rings. The molecule has 188 valence electrons. The molecule has 1 N–H and O–H groups in total. The van der Waals surface area contributed by atoms with E-state index in [1.165, 1.54) is 17.0 Å². The zero-order valence-electron chi connectivity index (χ0n) is 21.1. The molecule has 1 unspecified atom stereocenters. The summed E-state index contributed by atoms with van der Waals surface area (Å²) in [6.45, 7) is 10.9. The summed E-state index contributed by atoms with van der Waals surface area (Å²) in [5.74, 6) is -0.389. The minimum Gasteiger partial charge on any atom is -0.508 e. The topological polar surface area (TPSA) is 47.0 Å². The van der Waals surface area contributed by atoms with Crippen LogP contribution in [0, 0.1) is 5.82 Å². The molecule has 1 saturated heterocycles. The second-order valence-corrected chi connectivity index (χ2v) is 9.60. The van der Waals surface area contributed by atoms with Gasteiger partial charge in [-0.25, -0.2) is 4.39 Å². The zero-order valence-corrected chi connectivity index (χ0v) is 21.1. The SMILES string of the molecule is C=CCN1C[C@H](C)N(C(c2cccc(O)c2)c2cccc(C(=O)N(C)c3cccc(F)c3)c2)C[C@H]1C. The lowest BCUT2D eigenvalue weighted by Crippen LogP contribution is -2.57. The number of hydrogen-bond donors (Lipinski definition) is 1. The second-order valence-electron chi connectivity index (χ2n) is 9.60. The van der Waals surface area contributed by atoms with E-state index in [1.807, 2.05) is 36.4 Å². The molecule has 36 heavy (non-hydrogen) atoms. The van der Waals surface area contributed by atoms with E-state index in [9.17, 15) is 14.3 Å². The number of benzene rings is 3. The first-order valence-corrected chi connectivity index (χ1v) is 12.3. The number of anilines is 1. The molecule has 0 bridgehead atoms. The third-order valence-corrected chi connectivity index (χ3v) is 6.99. The van der Waals surface area contributed by atoms with Crippen molar-refractivity contribution in [1.82, 2.24) is 9.80 Å². The van der Waals surface area contributed by atoms with Gasteiger partial charge in [-0.1, -0.05) is 36.4 Å². The Balaban J connectivity index is 1.71. The number of phenols is 1. The van der Waals surface area contributed by atoms with Crippen molar-refractivity contribution in [1.29, 1.82) is 0 Å². The maximum Gasteiger partial charge on any atom is 0.258 e. The Kier molecular flexibility index (Phi) is 7.87. The van der Waals surface area contributed by atoms with Gasteiger partial charge in [-0.2, -0.15) is 0 Å². The summed E-state index contributed by atoms with van der Waals surface area (Å²) in [6.07, 6.45) is 1.94. The highest BCUT2D eigenvalue weighted by molar-refractivity contribution is 6.05. The van der Waals surface area contributed by atoms with Crippen LogP contribution in [-0.2, 0) is 0 Å². The van der Waals surface area contributed by atoms with Crippen LogP contribution in [0.2, 0.25) is 0 Å². The second kappa shape index (κ2) is 11.1. The van der Waals surface area contributed by atoms with Gasteiger partial charge in [-0.15, -0.1) is 6.58 Å². The van der Waals surface area contributed by atoms with Crippen molar-refractivity contribution in [2.24, 2.45) is 0 Å². The van der Waals surface area contributed by atoms with Gasteiger partial charge >= 0.3 is 0 Å². The van der Waals surface area contributed by atoms with Crippen molar-refractivity contribution in [2.75, 3.05) is 31.6 Å². The quantitative estimate of drug-likeness (QED) is 0.449. The van der Waals surface area contributed by atoms with Crippen LogP contribution in [0.1, 0.15) is 41.4 Å². The average molecular weight is 488 g/mol. The van der Waals surface area contributed by atoms with Crippen LogP contribution in [0.4, 0.5) is 10.1 Å². The third-order valence-electron chi connectivity index (χ3n) is 6.99. The van der Waals surface area contributed by atoms with Crippen molar-refractivity contribution in [3.8, 4) is 5.75 Å². The summed E-state index contributed by atoms with van der Waals surface area (Å²) < 4.78 is 13.8. The number of aromatic hydroxyl groups is 1. The van der Waals surface area contributed by atoms with E-state index >= 15 is 0 Å². The first kappa shape index (κ1) is 25.6. The highest BCUT2D eigenvalue weighted by atomic mass is 19.1. The van der Waals surface area contributed by atoms with E-state index in [4.69, 9.17) is 0 Å². The van der Waals surface area contributed by atoms with Gasteiger partial charge < -0.3 is 10.0 Å². The maximum absolute atomic E-state index is 13.8. The normalized spacial score (nSPS) is 19.6. The smallest absolute Gasteiger partial charge is 0.258 e. The minimum absolute atomic E-state index is 0.146. The number of rotatable bonds is 7. The Morgan fingerprint density at radius 2 is 1.75 bits per heavy atom. The molecule has 0 aromatic heterocycles. The van der Waals surface area contributed by atoms with Crippen LogP contribution in [0.3, 0.4) is 0 Å². The first-order valence-electron chi connectivity index (χ1n) is 12.3. The Labute approximate surface area is 213 Å². The molecular formula is C30H34FN3O2. The molecule has 1 amide bonds. The molecule has 4 rings (SSSR count). The van der Waals surface area contributed by atoms with E-state index in [-0.39, 0.29) is 29.6 Å². The molecular weight excluding hydrogens is 453 g/mol. The molecule has 3 aromatic rings. The number of carbonyl (C=O) groups is 1. The fourth-order valence-corrected chi connectivity index (χ4v) is 5.11. The number of nitrogens with zero attached hydrogens (tertiary/aromatic N) is 3. The summed E-state index contributed by atoms with van der Waals surface area (Å²) in [7, 11) is 1.65. The van der Waals surface area contributed by atoms with Gasteiger partial charge in [0.15, 0.2) is 0 Å². The number of hydrogen-bond acceptors (Lipinski definition) is 4. The summed E-state index contributed by atoms with van der Waals surface area (Å²) in [5, 5.41) is 10.3. The van der Waals surface area contributed by atoms with E-state index in [1.54, 1.807) is 37.4 Å². The lowest BCUT2D eigenvalue weighted by Gasteiger charge is -2.47. The molecule has 0 radical (unpaired) electrons. The van der Waals surface area contributed by atoms with Crippen LogP contribution in [0.15, 0.2) is 85.5 Å². The van der Waals surface area contributed by atoms with E-state index < -0.39 is 0 Å². The van der Waals surface area contributed by atoms with E-state index in [2.05, 4.69) is 30.2 Å². The summed E-state index contributed by atoms with van der Waals surface area (Å²) in [5.41, 5.74) is 2.95. The average Bonchev–Trinajstić information content (AvgIpc) is 2.86. The van der Waals surface area contributed by atoms with E-state index in [0.29, 0.717) is 17.3 Å². The van der Waals surface area contributed by atoms with Crippen molar-refractivity contribution >= 4 is 11.6 Å². The number of phenolic OH excluding ortho intramolecular Hbond substituents is 1. The van der Waals surface area contributed by atoms with Gasteiger partial charge in [-0.3, -0.25) is 14.6 Å². The van der Waals surface area contributed by atoms with Crippen molar-refractivity contribution in [3.63, 3.8) is 0 Å². The van der Waals surface area contributed by atoms with Crippen LogP contribution in [-0.4, -0.2) is 59.6 Å². The molecule has 0 spiro atoms. The molecule has 0 saturated carbocycles. The van der Waals surface area contributed by atoms with Crippen LogP contribution < -0.4 is 4.90 Å². The van der Waals surface area contributed by atoms with Crippen LogP contribution in [0.5, 0.6) is 5.75 Å². The monoisotopic (exact) mass is 487 g/mol. The number of carbonyl (C=O) groups excluding carboxylic acids is 1. The molecule has 0 aliphatic carbocycles. The number of halogens is 1. The molecule has 3 aromatic carbocycles. The number of amides is 1. The molecule has 1 fully saturated rings. The van der Waals surface area contributed by atoms with Gasteiger partial charge in [0, 0.05) is 50.0 Å². The molecule has 6 heteroatoms. The minimum atomic E-state index is -0.386. The molecule has 3 atom stereocenters. The fraction of sp³-hybridized carbons (Fsp3) is 0.300. The highest BCUT2D eigenvalue weighted by Crippen LogP contribution is 2.35. The Hall–Kier alpha value is -3.48. The third kappa shape index (κ3) is 5.50. The van der Waals surface area contributed by atoms with Gasteiger partial charge in [0.1, 0.15) is 11.6 Å². The summed E-state index contributed by atoms with van der Waals surface area (Å²) in [6, 6.07) is 21.4. The predicted molar refractivity (Wildman–Crippen MR) is 143 cm³/mol. The lowest BCUT2D eigenvalue weighted by molar-refractivity contribution is 0.0306. The predicted octanol–water partition coefficient (Wildman–Crippen LogP) is 5.48. The molecule has 5 nitrogen and oxygen atoms in total. The summed E-state index contributed by atoms with van der Waals surface area (Å²) >= 11 is 0. The molecule has 1 aliphatic heterocycles. The Bertz CT molecular complexity index is 1230.